The second-order valence-corrected chi connectivity index (χ2v) is 8.47. The summed E-state index contributed by atoms with van der Waals surface area (Å²) in [4.78, 5) is 34.4. The lowest BCUT2D eigenvalue weighted by Gasteiger charge is -2.35. The van der Waals surface area contributed by atoms with Gasteiger partial charge in [0.2, 0.25) is 5.91 Å². The van der Waals surface area contributed by atoms with Gasteiger partial charge >= 0.3 is 0 Å². The number of rotatable bonds is 5. The Kier molecular flexibility index (Phi) is 6.18. The van der Waals surface area contributed by atoms with Crippen molar-refractivity contribution in [2.75, 3.05) is 26.2 Å². The monoisotopic (exact) mass is 418 g/mol. The standard InChI is InChI=1S/C25H30N4O2/c1-18-15-22-23(16-19(18)2)29(25(31)20(3)26-22)10-9-24(30)28-13-11-27(12-14-28)17-21-7-5-4-6-8-21/h4-8,15-16H,9-14,17H2,1-3H3. The van der Waals surface area contributed by atoms with Crippen molar-refractivity contribution in [1.29, 1.82) is 0 Å². The summed E-state index contributed by atoms with van der Waals surface area (Å²) in [7, 11) is 0. The number of hydrogen-bond donors (Lipinski definition) is 0. The molecule has 0 radical (unpaired) electrons. The number of hydrogen-bond acceptors (Lipinski definition) is 4. The van der Waals surface area contributed by atoms with Crippen LogP contribution < -0.4 is 5.56 Å². The van der Waals surface area contributed by atoms with E-state index in [4.69, 9.17) is 0 Å². The topological polar surface area (TPSA) is 58.4 Å². The molecule has 0 N–H and O–H groups in total. The fraction of sp³-hybridized carbons (Fsp3) is 0.400. The van der Waals surface area contributed by atoms with Gasteiger partial charge in [0.1, 0.15) is 5.69 Å². The van der Waals surface area contributed by atoms with Crippen molar-refractivity contribution in [2.45, 2.75) is 40.3 Å². The molecule has 0 saturated carbocycles. The molecule has 0 bridgehead atoms. The quantitative estimate of drug-likeness (QED) is 0.639. The summed E-state index contributed by atoms with van der Waals surface area (Å²) < 4.78 is 1.72. The molecular formula is C25H30N4O2. The van der Waals surface area contributed by atoms with Crippen molar-refractivity contribution in [3.63, 3.8) is 0 Å². The van der Waals surface area contributed by atoms with Crippen LogP contribution in [0.2, 0.25) is 0 Å². The lowest BCUT2D eigenvalue weighted by atomic mass is 10.1. The maximum absolute atomic E-state index is 12.9. The second kappa shape index (κ2) is 9.02. The fourth-order valence-corrected chi connectivity index (χ4v) is 4.21. The average molecular weight is 419 g/mol. The van der Waals surface area contributed by atoms with E-state index in [0.717, 1.165) is 54.9 Å². The Bertz CT molecular complexity index is 1150. The molecule has 6 heteroatoms. The molecule has 2 heterocycles. The van der Waals surface area contributed by atoms with Gasteiger partial charge in [-0.3, -0.25) is 14.5 Å². The summed E-state index contributed by atoms with van der Waals surface area (Å²) in [5.74, 6) is 0.109. The molecule has 2 aromatic carbocycles. The van der Waals surface area contributed by atoms with Crippen LogP contribution in [-0.2, 0) is 17.9 Å². The summed E-state index contributed by atoms with van der Waals surface area (Å²) >= 11 is 0. The highest BCUT2D eigenvalue weighted by molar-refractivity contribution is 5.78. The minimum atomic E-state index is -0.115. The highest BCUT2D eigenvalue weighted by atomic mass is 16.2. The van der Waals surface area contributed by atoms with Crippen LogP contribution in [0.3, 0.4) is 0 Å². The summed E-state index contributed by atoms with van der Waals surface area (Å²) in [6, 6.07) is 14.4. The van der Waals surface area contributed by atoms with Gasteiger partial charge in [-0.1, -0.05) is 30.3 Å². The summed E-state index contributed by atoms with van der Waals surface area (Å²) in [6.45, 7) is 10.3. The van der Waals surface area contributed by atoms with Crippen LogP contribution in [0.15, 0.2) is 47.3 Å². The van der Waals surface area contributed by atoms with Crippen molar-refractivity contribution in [2.24, 2.45) is 0 Å². The average Bonchev–Trinajstić information content (AvgIpc) is 2.77. The number of benzene rings is 2. The van der Waals surface area contributed by atoms with Gasteiger partial charge in [-0.15, -0.1) is 0 Å². The first-order valence-electron chi connectivity index (χ1n) is 10.9. The van der Waals surface area contributed by atoms with Crippen LogP contribution >= 0.6 is 0 Å². The third kappa shape index (κ3) is 4.69. The molecule has 0 unspecified atom stereocenters. The van der Waals surface area contributed by atoms with Gasteiger partial charge in [0, 0.05) is 45.7 Å². The van der Waals surface area contributed by atoms with Crippen LogP contribution in [0, 0.1) is 20.8 Å². The zero-order valence-corrected chi connectivity index (χ0v) is 18.6. The van der Waals surface area contributed by atoms with E-state index in [9.17, 15) is 9.59 Å². The Balaban J connectivity index is 1.40. The summed E-state index contributed by atoms with van der Waals surface area (Å²) in [6.07, 6.45) is 0.323. The minimum Gasteiger partial charge on any atom is -0.340 e. The third-order valence-electron chi connectivity index (χ3n) is 6.25. The van der Waals surface area contributed by atoms with Gasteiger partial charge in [-0.05, 0) is 49.6 Å². The molecule has 4 rings (SSSR count). The van der Waals surface area contributed by atoms with E-state index in [1.165, 1.54) is 5.56 Å². The molecule has 0 spiro atoms. The summed E-state index contributed by atoms with van der Waals surface area (Å²) in [5, 5.41) is 0. The smallest absolute Gasteiger partial charge is 0.272 e. The predicted molar refractivity (Wildman–Crippen MR) is 123 cm³/mol. The molecule has 1 aliphatic heterocycles. The maximum atomic E-state index is 12.9. The number of amides is 1. The highest BCUT2D eigenvalue weighted by Gasteiger charge is 2.21. The van der Waals surface area contributed by atoms with Gasteiger partial charge in [0.15, 0.2) is 0 Å². The van der Waals surface area contributed by atoms with Crippen molar-refractivity contribution in [1.82, 2.24) is 19.4 Å². The number of piperazine rings is 1. The van der Waals surface area contributed by atoms with E-state index < -0.39 is 0 Å². The maximum Gasteiger partial charge on any atom is 0.272 e. The van der Waals surface area contributed by atoms with E-state index in [1.54, 1.807) is 11.5 Å². The minimum absolute atomic E-state index is 0.109. The Morgan fingerprint density at radius 3 is 2.35 bits per heavy atom. The number of carbonyl (C=O) groups is 1. The summed E-state index contributed by atoms with van der Waals surface area (Å²) in [5.41, 5.74) is 5.53. The van der Waals surface area contributed by atoms with Gasteiger partial charge in [-0.2, -0.15) is 0 Å². The molecule has 0 atom stereocenters. The highest BCUT2D eigenvalue weighted by Crippen LogP contribution is 2.18. The van der Waals surface area contributed by atoms with Crippen molar-refractivity contribution < 1.29 is 4.79 Å². The molecule has 1 amide bonds. The van der Waals surface area contributed by atoms with Gasteiger partial charge in [0.05, 0.1) is 11.0 Å². The van der Waals surface area contributed by atoms with E-state index >= 15 is 0 Å². The number of carbonyl (C=O) groups excluding carboxylic acids is 1. The molecule has 3 aromatic rings. The number of aryl methyl sites for hydroxylation is 4. The first-order chi connectivity index (χ1) is 14.9. The predicted octanol–water partition coefficient (Wildman–Crippen LogP) is 3.06. The molecule has 1 aliphatic rings. The molecule has 0 aliphatic carbocycles. The largest absolute Gasteiger partial charge is 0.340 e. The van der Waals surface area contributed by atoms with Crippen molar-refractivity contribution in [3.8, 4) is 0 Å². The van der Waals surface area contributed by atoms with E-state index in [-0.39, 0.29) is 11.5 Å². The Morgan fingerprint density at radius 2 is 1.65 bits per heavy atom. The zero-order chi connectivity index (χ0) is 22.0. The van der Waals surface area contributed by atoms with Gasteiger partial charge in [-0.25, -0.2) is 4.98 Å². The van der Waals surface area contributed by atoms with Crippen LogP contribution in [0.25, 0.3) is 11.0 Å². The van der Waals surface area contributed by atoms with E-state index in [0.29, 0.717) is 18.7 Å². The molecule has 31 heavy (non-hydrogen) atoms. The van der Waals surface area contributed by atoms with Crippen LogP contribution in [0.4, 0.5) is 0 Å². The van der Waals surface area contributed by atoms with Gasteiger partial charge in [0.25, 0.3) is 5.56 Å². The zero-order valence-electron chi connectivity index (χ0n) is 18.6. The van der Waals surface area contributed by atoms with Crippen molar-refractivity contribution >= 4 is 16.9 Å². The number of fused-ring (bicyclic) bond motifs is 1. The SMILES string of the molecule is Cc1cc2nc(C)c(=O)n(CCC(=O)N3CCN(Cc4ccccc4)CC3)c2cc1C. The number of nitrogens with zero attached hydrogens (tertiary/aromatic N) is 4. The second-order valence-electron chi connectivity index (χ2n) is 8.47. The van der Waals surface area contributed by atoms with E-state index in [2.05, 4.69) is 34.1 Å². The van der Waals surface area contributed by atoms with Crippen molar-refractivity contribution in [3.05, 3.63) is 75.2 Å². The lowest BCUT2D eigenvalue weighted by molar-refractivity contribution is -0.133. The molecular weight excluding hydrogens is 388 g/mol. The number of aromatic nitrogens is 2. The Morgan fingerprint density at radius 1 is 0.968 bits per heavy atom. The fourth-order valence-electron chi connectivity index (χ4n) is 4.21. The molecule has 162 valence electrons. The van der Waals surface area contributed by atoms with E-state index in [1.807, 2.05) is 36.9 Å². The Hall–Kier alpha value is -2.99. The molecule has 1 saturated heterocycles. The van der Waals surface area contributed by atoms with Crippen LogP contribution in [0.5, 0.6) is 0 Å². The molecule has 1 aromatic heterocycles. The lowest BCUT2D eigenvalue weighted by Crippen LogP contribution is -2.48. The van der Waals surface area contributed by atoms with Crippen LogP contribution in [0.1, 0.15) is 28.8 Å². The first-order valence-corrected chi connectivity index (χ1v) is 10.9. The van der Waals surface area contributed by atoms with Crippen LogP contribution in [-0.4, -0.2) is 51.4 Å². The van der Waals surface area contributed by atoms with Gasteiger partial charge < -0.3 is 9.47 Å². The Labute approximate surface area is 183 Å². The normalized spacial score (nSPS) is 14.9. The first kappa shape index (κ1) is 21.2. The molecule has 1 fully saturated rings. The molecule has 6 nitrogen and oxygen atoms in total. The third-order valence-corrected chi connectivity index (χ3v) is 6.25.